The number of nitrogens with two attached hydrogens (primary N) is 1. The van der Waals surface area contributed by atoms with E-state index in [1.165, 1.54) is 12.1 Å². The zero-order chi connectivity index (χ0) is 14.9. The summed E-state index contributed by atoms with van der Waals surface area (Å²) in [6.07, 6.45) is 0. The monoisotopic (exact) mass is 310 g/mol. The van der Waals surface area contributed by atoms with Crippen molar-refractivity contribution in [1.29, 1.82) is 0 Å². The predicted molar refractivity (Wildman–Crippen MR) is 82.6 cm³/mol. The molecule has 0 aromatic heterocycles. The summed E-state index contributed by atoms with van der Waals surface area (Å²) in [6, 6.07) is 9.90. The second kappa shape index (κ2) is 5.34. The van der Waals surface area contributed by atoms with Crippen LogP contribution in [-0.2, 0) is 10.0 Å². The highest BCUT2D eigenvalue weighted by Crippen LogP contribution is 2.26. The first-order valence-corrected chi connectivity index (χ1v) is 7.81. The van der Waals surface area contributed by atoms with E-state index < -0.39 is 10.0 Å². The van der Waals surface area contributed by atoms with Crippen molar-refractivity contribution in [2.45, 2.75) is 18.7 Å². The Morgan fingerprint density at radius 3 is 2.50 bits per heavy atom. The molecule has 0 fully saturated rings. The number of sulfonamides is 1. The molecular weight excluding hydrogens is 296 g/mol. The minimum atomic E-state index is -3.77. The van der Waals surface area contributed by atoms with Crippen molar-refractivity contribution in [3.05, 3.63) is 52.5 Å². The topological polar surface area (TPSA) is 72.2 Å². The van der Waals surface area contributed by atoms with E-state index in [-0.39, 0.29) is 10.6 Å². The van der Waals surface area contributed by atoms with Gasteiger partial charge >= 0.3 is 0 Å². The van der Waals surface area contributed by atoms with E-state index in [0.717, 1.165) is 11.1 Å². The zero-order valence-corrected chi connectivity index (χ0v) is 12.7. The SMILES string of the molecule is Cc1ccc(C)c(NS(=O)(=O)c2cc(Cl)ccc2N)c1. The summed E-state index contributed by atoms with van der Waals surface area (Å²) in [7, 11) is -3.77. The van der Waals surface area contributed by atoms with Gasteiger partial charge in [0.2, 0.25) is 0 Å². The summed E-state index contributed by atoms with van der Waals surface area (Å²) in [5.41, 5.74) is 8.21. The quantitative estimate of drug-likeness (QED) is 0.854. The van der Waals surface area contributed by atoms with E-state index in [4.69, 9.17) is 17.3 Å². The molecule has 20 heavy (non-hydrogen) atoms. The number of nitrogen functional groups attached to an aromatic ring is 1. The Hall–Kier alpha value is -1.72. The normalized spacial score (nSPS) is 11.3. The van der Waals surface area contributed by atoms with Crippen molar-refractivity contribution in [2.24, 2.45) is 0 Å². The van der Waals surface area contributed by atoms with Crippen molar-refractivity contribution in [1.82, 2.24) is 0 Å². The Labute approximate surface area is 123 Å². The van der Waals surface area contributed by atoms with Crippen LogP contribution in [0.3, 0.4) is 0 Å². The Kier molecular flexibility index (Phi) is 3.92. The molecule has 0 aliphatic rings. The van der Waals surface area contributed by atoms with Gasteiger partial charge in [-0.05, 0) is 49.2 Å². The molecule has 0 radical (unpaired) electrons. The highest BCUT2D eigenvalue weighted by atomic mass is 35.5. The van der Waals surface area contributed by atoms with Gasteiger partial charge < -0.3 is 5.73 Å². The van der Waals surface area contributed by atoms with E-state index in [1.54, 1.807) is 12.1 Å². The lowest BCUT2D eigenvalue weighted by Gasteiger charge is -2.13. The van der Waals surface area contributed by atoms with Crippen LogP contribution in [0.5, 0.6) is 0 Å². The third-order valence-electron chi connectivity index (χ3n) is 2.90. The molecule has 2 rings (SSSR count). The van der Waals surface area contributed by atoms with Gasteiger partial charge in [0.25, 0.3) is 10.0 Å². The number of aryl methyl sites for hydroxylation is 2. The average molecular weight is 311 g/mol. The average Bonchev–Trinajstić information content (AvgIpc) is 2.36. The van der Waals surface area contributed by atoms with Gasteiger partial charge in [0.1, 0.15) is 4.90 Å². The fraction of sp³-hybridized carbons (Fsp3) is 0.143. The highest BCUT2D eigenvalue weighted by Gasteiger charge is 2.19. The molecular formula is C14H15ClN2O2S. The summed E-state index contributed by atoms with van der Waals surface area (Å²) < 4.78 is 27.3. The van der Waals surface area contributed by atoms with E-state index in [1.807, 2.05) is 26.0 Å². The van der Waals surface area contributed by atoms with Gasteiger partial charge in [0.05, 0.1) is 11.4 Å². The molecule has 106 valence electrons. The highest BCUT2D eigenvalue weighted by molar-refractivity contribution is 7.92. The predicted octanol–water partition coefficient (Wildman–Crippen LogP) is 3.34. The van der Waals surface area contributed by atoms with Gasteiger partial charge in [0, 0.05) is 5.02 Å². The molecule has 0 saturated heterocycles. The Bertz CT molecular complexity index is 758. The first-order valence-electron chi connectivity index (χ1n) is 5.95. The van der Waals surface area contributed by atoms with Gasteiger partial charge in [-0.1, -0.05) is 23.7 Å². The molecule has 0 bridgehead atoms. The molecule has 6 heteroatoms. The maximum absolute atomic E-state index is 12.4. The molecule has 0 unspecified atom stereocenters. The molecule has 0 atom stereocenters. The van der Waals surface area contributed by atoms with Gasteiger partial charge in [-0.2, -0.15) is 0 Å². The third-order valence-corrected chi connectivity index (χ3v) is 4.56. The lowest BCUT2D eigenvalue weighted by molar-refractivity contribution is 0.601. The third kappa shape index (κ3) is 3.05. The lowest BCUT2D eigenvalue weighted by Crippen LogP contribution is -2.15. The van der Waals surface area contributed by atoms with Gasteiger partial charge in [-0.25, -0.2) is 8.42 Å². The fourth-order valence-corrected chi connectivity index (χ4v) is 3.30. The van der Waals surface area contributed by atoms with Gasteiger partial charge in [-0.15, -0.1) is 0 Å². The second-order valence-corrected chi connectivity index (χ2v) is 6.69. The number of nitrogens with one attached hydrogen (secondary N) is 1. The number of rotatable bonds is 3. The molecule has 0 amide bonds. The van der Waals surface area contributed by atoms with Crippen molar-refractivity contribution in [3.8, 4) is 0 Å². The van der Waals surface area contributed by atoms with Crippen LogP contribution in [-0.4, -0.2) is 8.42 Å². The van der Waals surface area contributed by atoms with Crippen LogP contribution in [0.15, 0.2) is 41.3 Å². The van der Waals surface area contributed by atoms with E-state index in [2.05, 4.69) is 4.72 Å². The molecule has 0 saturated carbocycles. The number of halogens is 1. The van der Waals surface area contributed by atoms with Gasteiger partial charge in [0.15, 0.2) is 0 Å². The Morgan fingerprint density at radius 1 is 1.10 bits per heavy atom. The molecule has 4 nitrogen and oxygen atoms in total. The van der Waals surface area contributed by atoms with E-state index in [9.17, 15) is 8.42 Å². The molecule has 3 N–H and O–H groups in total. The van der Waals surface area contributed by atoms with Crippen LogP contribution in [0.25, 0.3) is 0 Å². The number of hydrogen-bond donors (Lipinski definition) is 2. The van der Waals surface area contributed by atoms with Crippen LogP contribution >= 0.6 is 11.6 Å². The van der Waals surface area contributed by atoms with Crippen molar-refractivity contribution in [2.75, 3.05) is 10.5 Å². The molecule has 2 aromatic rings. The van der Waals surface area contributed by atoms with Crippen molar-refractivity contribution < 1.29 is 8.42 Å². The fourth-order valence-electron chi connectivity index (χ4n) is 1.79. The van der Waals surface area contributed by atoms with E-state index in [0.29, 0.717) is 10.7 Å². The standard InChI is InChI=1S/C14H15ClN2O2S/c1-9-3-4-10(2)13(7-9)17-20(18,19)14-8-11(15)5-6-12(14)16/h3-8,17H,16H2,1-2H3. The van der Waals surface area contributed by atoms with Crippen LogP contribution in [0.1, 0.15) is 11.1 Å². The molecule has 2 aromatic carbocycles. The van der Waals surface area contributed by atoms with Crippen LogP contribution < -0.4 is 10.5 Å². The summed E-state index contributed by atoms with van der Waals surface area (Å²) >= 11 is 5.83. The minimum absolute atomic E-state index is 0.0223. The van der Waals surface area contributed by atoms with Crippen molar-refractivity contribution >= 4 is 33.0 Å². The Balaban J connectivity index is 2.46. The smallest absolute Gasteiger partial charge is 0.264 e. The lowest BCUT2D eigenvalue weighted by atomic mass is 10.1. The maximum Gasteiger partial charge on any atom is 0.264 e. The molecule has 0 aliphatic heterocycles. The number of benzene rings is 2. The Morgan fingerprint density at radius 2 is 1.80 bits per heavy atom. The number of hydrogen-bond acceptors (Lipinski definition) is 3. The first-order chi connectivity index (χ1) is 9.29. The first kappa shape index (κ1) is 14.7. The summed E-state index contributed by atoms with van der Waals surface area (Å²) in [5.74, 6) is 0. The van der Waals surface area contributed by atoms with Crippen LogP contribution in [0, 0.1) is 13.8 Å². The van der Waals surface area contributed by atoms with Gasteiger partial charge in [-0.3, -0.25) is 4.72 Å². The zero-order valence-electron chi connectivity index (χ0n) is 11.1. The van der Waals surface area contributed by atoms with Crippen LogP contribution in [0.4, 0.5) is 11.4 Å². The minimum Gasteiger partial charge on any atom is -0.398 e. The largest absolute Gasteiger partial charge is 0.398 e. The second-order valence-electron chi connectivity index (χ2n) is 4.61. The summed E-state index contributed by atoms with van der Waals surface area (Å²) in [4.78, 5) is -0.0223. The molecule has 0 spiro atoms. The molecule has 0 heterocycles. The summed E-state index contributed by atoms with van der Waals surface area (Å²) in [5, 5.41) is 0.320. The molecule has 0 aliphatic carbocycles. The maximum atomic E-state index is 12.4. The number of anilines is 2. The van der Waals surface area contributed by atoms with Crippen molar-refractivity contribution in [3.63, 3.8) is 0 Å². The van der Waals surface area contributed by atoms with E-state index >= 15 is 0 Å². The summed E-state index contributed by atoms with van der Waals surface area (Å²) in [6.45, 7) is 3.73. The van der Waals surface area contributed by atoms with Crippen LogP contribution in [0.2, 0.25) is 5.02 Å².